The number of carbonyl (C=O) groups excluding carboxylic acids is 1. The van der Waals surface area contributed by atoms with E-state index in [2.05, 4.69) is 24.3 Å². The maximum absolute atomic E-state index is 11.9. The minimum absolute atomic E-state index is 0.00748. The molecule has 1 fully saturated rings. The molecule has 0 saturated heterocycles. The highest BCUT2D eigenvalue weighted by Crippen LogP contribution is 2.37. The van der Waals surface area contributed by atoms with Crippen molar-refractivity contribution in [1.29, 1.82) is 0 Å². The summed E-state index contributed by atoms with van der Waals surface area (Å²) in [6.07, 6.45) is 5.15. The molecular formula is C12H20N4O. The van der Waals surface area contributed by atoms with Crippen molar-refractivity contribution in [3.63, 3.8) is 0 Å². The molecule has 0 radical (unpaired) electrons. The van der Waals surface area contributed by atoms with Crippen LogP contribution in [0.2, 0.25) is 0 Å². The smallest absolute Gasteiger partial charge is 0.241 e. The zero-order chi connectivity index (χ0) is 12.5. The molecule has 1 aromatic rings. The Morgan fingerprint density at radius 1 is 1.71 bits per heavy atom. The number of nitrogens with zero attached hydrogens (tertiary/aromatic N) is 2. The summed E-state index contributed by atoms with van der Waals surface area (Å²) in [6, 6.07) is 1.97. The fourth-order valence-electron chi connectivity index (χ4n) is 2.45. The Morgan fingerprint density at radius 3 is 3.00 bits per heavy atom. The Balaban J connectivity index is 1.89. The van der Waals surface area contributed by atoms with Gasteiger partial charge in [0.15, 0.2) is 0 Å². The summed E-state index contributed by atoms with van der Waals surface area (Å²) in [4.78, 5) is 11.9. The second-order valence-corrected chi connectivity index (χ2v) is 5.44. The van der Waals surface area contributed by atoms with E-state index in [1.807, 2.05) is 0 Å². The molecule has 5 heteroatoms. The molecular weight excluding hydrogens is 216 g/mol. The minimum atomic E-state index is 0.00748. The number of hydrogen-bond donors (Lipinski definition) is 2. The fraction of sp³-hybridized carbons (Fsp3) is 0.667. The maximum atomic E-state index is 11.9. The summed E-state index contributed by atoms with van der Waals surface area (Å²) in [5.41, 5.74) is 5.70. The number of carbonyl (C=O) groups is 1. The van der Waals surface area contributed by atoms with Crippen LogP contribution < -0.4 is 11.1 Å². The van der Waals surface area contributed by atoms with Gasteiger partial charge in [0.2, 0.25) is 5.91 Å². The predicted octanol–water partition coefficient (Wildman–Crippen LogP) is 1.16. The summed E-state index contributed by atoms with van der Waals surface area (Å²) >= 11 is 0. The largest absolute Gasteiger partial charge is 0.382 e. The van der Waals surface area contributed by atoms with E-state index in [-0.39, 0.29) is 23.9 Å². The average molecular weight is 236 g/mol. The van der Waals surface area contributed by atoms with Crippen LogP contribution in [0.15, 0.2) is 12.3 Å². The van der Waals surface area contributed by atoms with Gasteiger partial charge in [0.25, 0.3) is 0 Å². The highest BCUT2D eigenvalue weighted by atomic mass is 16.2. The van der Waals surface area contributed by atoms with E-state index in [1.54, 1.807) is 16.9 Å². The highest BCUT2D eigenvalue weighted by Gasteiger charge is 2.35. The second-order valence-electron chi connectivity index (χ2n) is 5.44. The van der Waals surface area contributed by atoms with Gasteiger partial charge in [-0.3, -0.25) is 9.48 Å². The number of anilines is 1. The van der Waals surface area contributed by atoms with E-state index in [1.165, 1.54) is 12.8 Å². The van der Waals surface area contributed by atoms with Crippen molar-refractivity contribution in [1.82, 2.24) is 15.1 Å². The molecule has 0 aromatic carbocycles. The minimum Gasteiger partial charge on any atom is -0.382 e. The molecule has 0 spiro atoms. The van der Waals surface area contributed by atoms with Crippen molar-refractivity contribution >= 4 is 11.7 Å². The van der Waals surface area contributed by atoms with Gasteiger partial charge in [0.1, 0.15) is 12.4 Å². The summed E-state index contributed by atoms with van der Waals surface area (Å²) in [5.74, 6) is 0.451. The number of nitrogens with one attached hydrogen (secondary N) is 1. The topological polar surface area (TPSA) is 72.9 Å². The van der Waals surface area contributed by atoms with Crippen LogP contribution in [-0.2, 0) is 11.3 Å². The molecule has 1 amide bonds. The number of aromatic nitrogens is 2. The van der Waals surface area contributed by atoms with Crippen molar-refractivity contribution in [2.45, 2.75) is 45.7 Å². The monoisotopic (exact) mass is 236 g/mol. The molecule has 1 aromatic heterocycles. The van der Waals surface area contributed by atoms with E-state index in [0.29, 0.717) is 5.82 Å². The van der Waals surface area contributed by atoms with Gasteiger partial charge in [-0.15, -0.1) is 0 Å². The van der Waals surface area contributed by atoms with Crippen molar-refractivity contribution in [2.24, 2.45) is 5.41 Å². The van der Waals surface area contributed by atoms with Gasteiger partial charge in [-0.05, 0) is 24.3 Å². The van der Waals surface area contributed by atoms with Gasteiger partial charge in [-0.2, -0.15) is 5.10 Å². The first-order valence-corrected chi connectivity index (χ1v) is 6.06. The van der Waals surface area contributed by atoms with Gasteiger partial charge in [-0.25, -0.2) is 0 Å². The number of rotatable bonds is 3. The van der Waals surface area contributed by atoms with E-state index >= 15 is 0 Å². The Bertz CT molecular complexity index is 410. The van der Waals surface area contributed by atoms with E-state index in [4.69, 9.17) is 5.73 Å². The van der Waals surface area contributed by atoms with Crippen LogP contribution >= 0.6 is 0 Å². The number of nitrogens with two attached hydrogens (primary N) is 1. The molecule has 1 aliphatic carbocycles. The number of amides is 1. The van der Waals surface area contributed by atoms with Gasteiger partial charge in [0.05, 0.1) is 0 Å². The lowest BCUT2D eigenvalue weighted by Gasteiger charge is -2.27. The van der Waals surface area contributed by atoms with Crippen molar-refractivity contribution in [2.75, 3.05) is 5.73 Å². The highest BCUT2D eigenvalue weighted by molar-refractivity contribution is 5.76. The van der Waals surface area contributed by atoms with Crippen LogP contribution in [0.3, 0.4) is 0 Å². The second kappa shape index (κ2) is 4.39. The zero-order valence-corrected chi connectivity index (χ0v) is 10.4. The first kappa shape index (κ1) is 12.0. The Morgan fingerprint density at radius 2 is 2.47 bits per heavy atom. The summed E-state index contributed by atoms with van der Waals surface area (Å²) < 4.78 is 1.56. The predicted molar refractivity (Wildman–Crippen MR) is 66.2 cm³/mol. The summed E-state index contributed by atoms with van der Waals surface area (Å²) in [5, 5.41) is 7.08. The van der Waals surface area contributed by atoms with E-state index in [0.717, 1.165) is 6.42 Å². The lowest BCUT2D eigenvalue weighted by Crippen LogP contribution is -2.42. The molecule has 1 aliphatic rings. The normalized spacial score (nSPS) is 22.6. The van der Waals surface area contributed by atoms with E-state index < -0.39 is 0 Å². The van der Waals surface area contributed by atoms with Gasteiger partial charge < -0.3 is 11.1 Å². The van der Waals surface area contributed by atoms with Crippen LogP contribution in [0.25, 0.3) is 0 Å². The quantitative estimate of drug-likeness (QED) is 0.827. The van der Waals surface area contributed by atoms with Crippen LogP contribution in [-0.4, -0.2) is 21.7 Å². The summed E-state index contributed by atoms with van der Waals surface area (Å²) in [7, 11) is 0. The van der Waals surface area contributed by atoms with Crippen molar-refractivity contribution in [3.8, 4) is 0 Å². The molecule has 1 heterocycles. The maximum Gasteiger partial charge on any atom is 0.241 e. The first-order valence-electron chi connectivity index (χ1n) is 6.06. The molecule has 3 N–H and O–H groups in total. The summed E-state index contributed by atoms with van der Waals surface area (Å²) in [6.45, 7) is 4.65. The molecule has 94 valence electrons. The molecule has 5 nitrogen and oxygen atoms in total. The third kappa shape index (κ3) is 2.78. The number of nitrogen functional groups attached to an aromatic ring is 1. The van der Waals surface area contributed by atoms with E-state index in [9.17, 15) is 4.79 Å². The van der Waals surface area contributed by atoms with Crippen molar-refractivity contribution < 1.29 is 4.79 Å². The average Bonchev–Trinajstić information content (AvgIpc) is 2.74. The van der Waals surface area contributed by atoms with Gasteiger partial charge in [-0.1, -0.05) is 20.3 Å². The molecule has 1 saturated carbocycles. The Labute approximate surface area is 101 Å². The van der Waals surface area contributed by atoms with Crippen LogP contribution in [0.1, 0.15) is 33.1 Å². The molecule has 0 aliphatic heterocycles. The number of hydrogen-bond acceptors (Lipinski definition) is 3. The third-order valence-electron chi connectivity index (χ3n) is 3.56. The third-order valence-corrected chi connectivity index (χ3v) is 3.56. The molecule has 0 bridgehead atoms. The zero-order valence-electron chi connectivity index (χ0n) is 10.4. The SMILES string of the molecule is CC1(C)CCCC1NC(=O)Cn1ccc(N)n1. The van der Waals surface area contributed by atoms with Gasteiger partial charge in [0, 0.05) is 12.2 Å². The molecule has 2 rings (SSSR count). The fourth-order valence-corrected chi connectivity index (χ4v) is 2.45. The molecule has 17 heavy (non-hydrogen) atoms. The lowest BCUT2D eigenvalue weighted by molar-refractivity contribution is -0.123. The Hall–Kier alpha value is -1.52. The molecule has 1 atom stereocenters. The van der Waals surface area contributed by atoms with Gasteiger partial charge >= 0.3 is 0 Å². The lowest BCUT2D eigenvalue weighted by atomic mass is 9.87. The standard InChI is InChI=1S/C12H20N4O/c1-12(2)6-3-4-9(12)14-11(17)8-16-7-5-10(13)15-16/h5,7,9H,3-4,6,8H2,1-2H3,(H2,13,15)(H,14,17). The van der Waals surface area contributed by atoms with Crippen LogP contribution in [0.4, 0.5) is 5.82 Å². The van der Waals surface area contributed by atoms with Crippen LogP contribution in [0.5, 0.6) is 0 Å². The molecule has 1 unspecified atom stereocenters. The first-order chi connectivity index (χ1) is 7.97. The Kier molecular flexibility index (Phi) is 3.09. The van der Waals surface area contributed by atoms with Crippen molar-refractivity contribution in [3.05, 3.63) is 12.3 Å². The van der Waals surface area contributed by atoms with Crippen LogP contribution in [0, 0.1) is 5.41 Å².